The van der Waals surface area contributed by atoms with E-state index in [1.807, 2.05) is 43.3 Å². The lowest BCUT2D eigenvalue weighted by atomic mass is 9.99. The molecule has 2 heteroatoms. The van der Waals surface area contributed by atoms with Gasteiger partial charge in [0.05, 0.1) is 5.69 Å². The number of benzene rings is 1. The van der Waals surface area contributed by atoms with Gasteiger partial charge in [-0.15, -0.1) is 0 Å². The maximum atomic E-state index is 11.5. The van der Waals surface area contributed by atoms with Crippen molar-refractivity contribution in [3.05, 3.63) is 53.7 Å². The second-order valence-corrected chi connectivity index (χ2v) is 3.77. The van der Waals surface area contributed by atoms with Crippen LogP contribution in [0.5, 0.6) is 0 Å². The van der Waals surface area contributed by atoms with Gasteiger partial charge >= 0.3 is 0 Å². The molecule has 0 bridgehead atoms. The van der Waals surface area contributed by atoms with Crippen LogP contribution >= 0.6 is 0 Å². The highest BCUT2D eigenvalue weighted by Gasteiger charge is 2.10. The molecule has 0 unspecified atom stereocenters. The smallest absolute Gasteiger partial charge is 0.160 e. The number of hydrogen-bond acceptors (Lipinski definition) is 2. The highest BCUT2D eigenvalue weighted by atomic mass is 16.1. The summed E-state index contributed by atoms with van der Waals surface area (Å²) in [6, 6.07) is 11.5. The molecule has 0 aliphatic rings. The van der Waals surface area contributed by atoms with E-state index in [1.165, 1.54) is 0 Å². The largest absolute Gasteiger partial charge is 0.294 e. The summed E-state index contributed by atoms with van der Waals surface area (Å²) in [5.74, 6) is 0.0700. The Labute approximate surface area is 95.0 Å². The normalized spacial score (nSPS) is 10.1. The average Bonchev–Trinajstić information content (AvgIpc) is 2.29. The highest BCUT2D eigenvalue weighted by molar-refractivity contribution is 6.00. The predicted octanol–water partition coefficient (Wildman–Crippen LogP) is 3.26. The standard InChI is InChI=1S/C14H13NO/c1-10-6-5-9-15-14(10)13-8-4-3-7-12(13)11(2)16/h3-9H,1-2H3. The molecule has 0 N–H and O–H groups in total. The summed E-state index contributed by atoms with van der Waals surface area (Å²) >= 11 is 0. The van der Waals surface area contributed by atoms with E-state index in [1.54, 1.807) is 13.1 Å². The highest BCUT2D eigenvalue weighted by Crippen LogP contribution is 2.24. The zero-order valence-electron chi connectivity index (χ0n) is 9.40. The van der Waals surface area contributed by atoms with Gasteiger partial charge in [0.15, 0.2) is 5.78 Å². The van der Waals surface area contributed by atoms with Crippen LogP contribution in [0.3, 0.4) is 0 Å². The number of pyridine rings is 1. The van der Waals surface area contributed by atoms with E-state index in [-0.39, 0.29) is 5.78 Å². The minimum Gasteiger partial charge on any atom is -0.294 e. The fourth-order valence-corrected chi connectivity index (χ4v) is 1.76. The lowest BCUT2D eigenvalue weighted by molar-refractivity contribution is 0.101. The van der Waals surface area contributed by atoms with Crippen molar-refractivity contribution in [3.8, 4) is 11.3 Å². The molecule has 0 saturated carbocycles. The van der Waals surface area contributed by atoms with Crippen molar-refractivity contribution in [1.29, 1.82) is 0 Å². The third-order valence-electron chi connectivity index (χ3n) is 2.57. The summed E-state index contributed by atoms with van der Waals surface area (Å²) in [7, 11) is 0. The predicted molar refractivity (Wildman–Crippen MR) is 64.4 cm³/mol. The molecular formula is C14H13NO. The molecule has 0 amide bonds. The SMILES string of the molecule is CC(=O)c1ccccc1-c1ncccc1C. The lowest BCUT2D eigenvalue weighted by Gasteiger charge is -2.08. The molecular weight excluding hydrogens is 198 g/mol. The summed E-state index contributed by atoms with van der Waals surface area (Å²) < 4.78 is 0. The van der Waals surface area contributed by atoms with E-state index in [2.05, 4.69) is 4.98 Å². The van der Waals surface area contributed by atoms with Crippen molar-refractivity contribution in [2.24, 2.45) is 0 Å². The molecule has 0 aliphatic carbocycles. The molecule has 2 nitrogen and oxygen atoms in total. The Kier molecular flexibility index (Phi) is 2.82. The van der Waals surface area contributed by atoms with E-state index < -0.39 is 0 Å². The van der Waals surface area contributed by atoms with Gasteiger partial charge in [0, 0.05) is 17.3 Å². The average molecular weight is 211 g/mol. The summed E-state index contributed by atoms with van der Waals surface area (Å²) in [5, 5.41) is 0. The van der Waals surface area contributed by atoms with Gasteiger partial charge in [-0.25, -0.2) is 0 Å². The van der Waals surface area contributed by atoms with Gasteiger partial charge < -0.3 is 0 Å². The third-order valence-corrected chi connectivity index (χ3v) is 2.57. The van der Waals surface area contributed by atoms with E-state index in [0.717, 1.165) is 22.4 Å². The van der Waals surface area contributed by atoms with Crippen molar-refractivity contribution in [2.45, 2.75) is 13.8 Å². The summed E-state index contributed by atoms with van der Waals surface area (Å²) in [4.78, 5) is 15.9. The van der Waals surface area contributed by atoms with E-state index in [0.29, 0.717) is 0 Å². The van der Waals surface area contributed by atoms with E-state index in [9.17, 15) is 4.79 Å². The Hall–Kier alpha value is -1.96. The van der Waals surface area contributed by atoms with Crippen LogP contribution in [0, 0.1) is 6.92 Å². The number of nitrogens with zero attached hydrogens (tertiary/aromatic N) is 1. The second kappa shape index (κ2) is 4.27. The Morgan fingerprint density at radius 1 is 1.12 bits per heavy atom. The minimum atomic E-state index is 0.0700. The number of aromatic nitrogens is 1. The van der Waals surface area contributed by atoms with Gasteiger partial charge in [0.25, 0.3) is 0 Å². The van der Waals surface area contributed by atoms with Crippen LogP contribution in [0.25, 0.3) is 11.3 Å². The molecule has 16 heavy (non-hydrogen) atoms. The molecule has 0 saturated heterocycles. The zero-order valence-corrected chi connectivity index (χ0v) is 9.40. The van der Waals surface area contributed by atoms with Gasteiger partial charge in [-0.3, -0.25) is 9.78 Å². The number of hydrogen-bond donors (Lipinski definition) is 0. The van der Waals surface area contributed by atoms with Crippen LogP contribution in [-0.2, 0) is 0 Å². The zero-order chi connectivity index (χ0) is 11.5. The summed E-state index contributed by atoms with van der Waals surface area (Å²) in [6.45, 7) is 3.58. The van der Waals surface area contributed by atoms with Gasteiger partial charge in [0.2, 0.25) is 0 Å². The van der Waals surface area contributed by atoms with Crippen LogP contribution in [0.4, 0.5) is 0 Å². The second-order valence-electron chi connectivity index (χ2n) is 3.77. The van der Waals surface area contributed by atoms with Gasteiger partial charge in [-0.05, 0) is 25.5 Å². The first-order valence-electron chi connectivity index (χ1n) is 5.22. The molecule has 1 heterocycles. The van der Waals surface area contributed by atoms with Crippen molar-refractivity contribution in [1.82, 2.24) is 4.98 Å². The first-order valence-corrected chi connectivity index (χ1v) is 5.22. The first-order chi connectivity index (χ1) is 7.70. The Balaban J connectivity index is 2.65. The molecule has 0 aliphatic heterocycles. The number of carbonyl (C=O) groups is 1. The van der Waals surface area contributed by atoms with Crippen molar-refractivity contribution in [3.63, 3.8) is 0 Å². The van der Waals surface area contributed by atoms with Gasteiger partial charge in [0.1, 0.15) is 0 Å². The molecule has 1 aromatic heterocycles. The van der Waals surface area contributed by atoms with E-state index >= 15 is 0 Å². The van der Waals surface area contributed by atoms with Crippen LogP contribution < -0.4 is 0 Å². The molecule has 0 fully saturated rings. The van der Waals surface area contributed by atoms with Crippen molar-refractivity contribution < 1.29 is 4.79 Å². The Morgan fingerprint density at radius 2 is 1.88 bits per heavy atom. The lowest BCUT2D eigenvalue weighted by Crippen LogP contribution is -1.98. The molecule has 0 spiro atoms. The monoisotopic (exact) mass is 211 g/mol. The van der Waals surface area contributed by atoms with Crippen molar-refractivity contribution >= 4 is 5.78 Å². The number of rotatable bonds is 2. The van der Waals surface area contributed by atoms with Crippen LogP contribution in [0.1, 0.15) is 22.8 Å². The Bertz CT molecular complexity index is 532. The van der Waals surface area contributed by atoms with Crippen LogP contribution in [0.2, 0.25) is 0 Å². The molecule has 1 aromatic carbocycles. The first kappa shape index (κ1) is 10.6. The summed E-state index contributed by atoms with van der Waals surface area (Å²) in [5.41, 5.74) is 3.60. The molecule has 2 rings (SSSR count). The fourth-order valence-electron chi connectivity index (χ4n) is 1.76. The van der Waals surface area contributed by atoms with Crippen LogP contribution in [-0.4, -0.2) is 10.8 Å². The number of ketones is 1. The van der Waals surface area contributed by atoms with E-state index in [4.69, 9.17) is 0 Å². The van der Waals surface area contributed by atoms with Crippen molar-refractivity contribution in [2.75, 3.05) is 0 Å². The molecule has 0 radical (unpaired) electrons. The van der Waals surface area contributed by atoms with Gasteiger partial charge in [-0.1, -0.05) is 30.3 Å². The third kappa shape index (κ3) is 1.87. The topological polar surface area (TPSA) is 30.0 Å². The maximum Gasteiger partial charge on any atom is 0.160 e. The van der Waals surface area contributed by atoms with Crippen LogP contribution in [0.15, 0.2) is 42.6 Å². The molecule has 80 valence electrons. The quantitative estimate of drug-likeness (QED) is 0.714. The minimum absolute atomic E-state index is 0.0700. The number of Topliss-reactive ketones (excluding diaryl/α,β-unsaturated/α-hetero) is 1. The maximum absolute atomic E-state index is 11.5. The van der Waals surface area contributed by atoms with Gasteiger partial charge in [-0.2, -0.15) is 0 Å². The number of carbonyl (C=O) groups excluding carboxylic acids is 1. The Morgan fingerprint density at radius 3 is 2.56 bits per heavy atom. The molecule has 2 aromatic rings. The summed E-state index contributed by atoms with van der Waals surface area (Å²) in [6.07, 6.45) is 1.75. The number of aryl methyl sites for hydroxylation is 1. The fraction of sp³-hybridized carbons (Fsp3) is 0.143. The molecule has 0 atom stereocenters.